The van der Waals surface area contributed by atoms with Gasteiger partial charge in [-0.3, -0.25) is 4.79 Å². The Morgan fingerprint density at radius 1 is 1.22 bits per heavy atom. The van der Waals surface area contributed by atoms with Gasteiger partial charge in [0.1, 0.15) is 17.6 Å². The first kappa shape index (κ1) is 12.3. The predicted molar refractivity (Wildman–Crippen MR) is 63.3 cm³/mol. The second-order valence-corrected chi connectivity index (χ2v) is 4.04. The average Bonchev–Trinajstić information content (AvgIpc) is 2.32. The zero-order valence-electron chi connectivity index (χ0n) is 9.32. The number of benzene rings is 1. The van der Waals surface area contributed by atoms with Crippen LogP contribution in [-0.4, -0.2) is 37.9 Å². The van der Waals surface area contributed by atoms with Crippen LogP contribution in [0.2, 0.25) is 0 Å². The van der Waals surface area contributed by atoms with Crippen LogP contribution in [0.25, 0.3) is 0 Å². The fraction of sp³-hybridized carbons (Fsp3) is 0.154. The number of aliphatic hydroxyl groups excluding tert-OH is 1. The molecule has 2 rings (SSSR count). The fourth-order valence-corrected chi connectivity index (χ4v) is 1.75. The molecule has 18 heavy (non-hydrogen) atoms. The van der Waals surface area contributed by atoms with Crippen molar-refractivity contribution in [2.45, 2.75) is 11.7 Å². The zero-order chi connectivity index (χ0) is 13.3. The van der Waals surface area contributed by atoms with Crippen LogP contribution in [0.15, 0.2) is 42.5 Å². The Morgan fingerprint density at radius 2 is 1.94 bits per heavy atom. The topological polar surface area (TPSA) is 98.0 Å². The molecule has 0 saturated carbocycles. The molecule has 0 heterocycles. The lowest BCUT2D eigenvalue weighted by Crippen LogP contribution is -2.47. The van der Waals surface area contributed by atoms with Gasteiger partial charge in [-0.15, -0.1) is 0 Å². The number of aromatic hydroxyl groups is 2. The highest BCUT2D eigenvalue weighted by Crippen LogP contribution is 2.29. The molecule has 0 aromatic heterocycles. The first-order valence-electron chi connectivity index (χ1n) is 5.28. The first-order chi connectivity index (χ1) is 8.45. The van der Waals surface area contributed by atoms with E-state index in [4.69, 9.17) is 5.11 Å². The van der Waals surface area contributed by atoms with Crippen LogP contribution in [0.1, 0.15) is 10.4 Å². The van der Waals surface area contributed by atoms with Crippen LogP contribution in [0, 0.1) is 0 Å². The molecule has 4 N–H and O–H groups in total. The fourth-order valence-electron chi connectivity index (χ4n) is 1.75. The summed E-state index contributed by atoms with van der Waals surface area (Å²) in [6.07, 6.45) is 3.98. The van der Waals surface area contributed by atoms with Crippen LogP contribution in [0.4, 0.5) is 0 Å². The molecule has 0 bridgehead atoms. The number of ketones is 1. The normalized spacial score (nSPS) is 26.2. The van der Waals surface area contributed by atoms with Crippen LogP contribution < -0.4 is 0 Å². The van der Waals surface area contributed by atoms with E-state index in [-0.39, 0.29) is 11.3 Å². The third-order valence-corrected chi connectivity index (χ3v) is 2.80. The van der Waals surface area contributed by atoms with Crippen molar-refractivity contribution in [1.29, 1.82) is 0 Å². The van der Waals surface area contributed by atoms with Crippen molar-refractivity contribution in [3.63, 3.8) is 0 Å². The molecule has 1 aliphatic rings. The van der Waals surface area contributed by atoms with Gasteiger partial charge in [-0.1, -0.05) is 18.2 Å². The van der Waals surface area contributed by atoms with E-state index >= 15 is 0 Å². The van der Waals surface area contributed by atoms with Gasteiger partial charge in [-0.2, -0.15) is 0 Å². The van der Waals surface area contributed by atoms with Crippen molar-refractivity contribution in [2.75, 3.05) is 0 Å². The highest BCUT2D eigenvalue weighted by Gasteiger charge is 2.42. The standard InChI is InChI=1S/C13H12O5/c14-8-4-5-9(10(15)7-8)12(17)13(18)6-2-1-3-11(13)16/h1-7,11,14-16,18H. The molecule has 2 unspecified atom stereocenters. The molecule has 5 nitrogen and oxygen atoms in total. The number of hydrogen-bond acceptors (Lipinski definition) is 5. The van der Waals surface area contributed by atoms with E-state index in [9.17, 15) is 20.1 Å². The highest BCUT2D eigenvalue weighted by atomic mass is 16.3. The van der Waals surface area contributed by atoms with Gasteiger partial charge in [0.15, 0.2) is 5.60 Å². The SMILES string of the molecule is O=C(c1ccc(O)cc1O)C1(O)C=CC=CC1O. The molecule has 0 fully saturated rings. The van der Waals surface area contributed by atoms with Gasteiger partial charge in [0, 0.05) is 6.07 Å². The Kier molecular flexibility index (Phi) is 2.94. The lowest BCUT2D eigenvalue weighted by Gasteiger charge is -2.28. The van der Waals surface area contributed by atoms with Gasteiger partial charge in [0.2, 0.25) is 5.78 Å². The molecule has 1 aliphatic carbocycles. The highest BCUT2D eigenvalue weighted by molar-refractivity contribution is 6.06. The largest absolute Gasteiger partial charge is 0.508 e. The van der Waals surface area contributed by atoms with Crippen molar-refractivity contribution in [1.82, 2.24) is 0 Å². The molecule has 2 atom stereocenters. The molecule has 0 aliphatic heterocycles. The van der Waals surface area contributed by atoms with Crippen LogP contribution in [-0.2, 0) is 0 Å². The molecule has 0 radical (unpaired) electrons. The minimum Gasteiger partial charge on any atom is -0.508 e. The second-order valence-electron chi connectivity index (χ2n) is 4.04. The van der Waals surface area contributed by atoms with Gasteiger partial charge < -0.3 is 20.4 Å². The van der Waals surface area contributed by atoms with Crippen molar-refractivity contribution < 1.29 is 25.2 Å². The van der Waals surface area contributed by atoms with Gasteiger partial charge in [0.05, 0.1) is 5.56 Å². The number of carbonyl (C=O) groups excluding carboxylic acids is 1. The Labute approximate surface area is 103 Å². The van der Waals surface area contributed by atoms with Gasteiger partial charge in [-0.25, -0.2) is 0 Å². The molecule has 94 valence electrons. The maximum absolute atomic E-state index is 12.1. The number of hydrogen-bond donors (Lipinski definition) is 4. The van der Waals surface area contributed by atoms with Crippen LogP contribution >= 0.6 is 0 Å². The number of allylic oxidation sites excluding steroid dienone is 2. The van der Waals surface area contributed by atoms with E-state index in [1.165, 1.54) is 30.4 Å². The Balaban J connectivity index is 2.42. The quantitative estimate of drug-likeness (QED) is 0.571. The molecular weight excluding hydrogens is 236 g/mol. The monoisotopic (exact) mass is 248 g/mol. The van der Waals surface area contributed by atoms with Crippen molar-refractivity contribution in [3.05, 3.63) is 48.1 Å². The van der Waals surface area contributed by atoms with Crippen LogP contribution in [0.3, 0.4) is 0 Å². The summed E-state index contributed by atoms with van der Waals surface area (Å²) in [4.78, 5) is 12.1. The summed E-state index contributed by atoms with van der Waals surface area (Å²) < 4.78 is 0. The lowest BCUT2D eigenvalue weighted by atomic mass is 9.84. The average molecular weight is 248 g/mol. The maximum atomic E-state index is 12.1. The summed E-state index contributed by atoms with van der Waals surface area (Å²) in [5.74, 6) is -1.49. The molecule has 1 aromatic rings. The van der Waals surface area contributed by atoms with Gasteiger partial charge in [0.25, 0.3) is 0 Å². The molecule has 0 saturated heterocycles. The minimum absolute atomic E-state index is 0.172. The zero-order valence-corrected chi connectivity index (χ0v) is 9.32. The maximum Gasteiger partial charge on any atom is 0.205 e. The molecule has 0 amide bonds. The molecule has 5 heteroatoms. The number of rotatable bonds is 2. The van der Waals surface area contributed by atoms with Gasteiger partial charge >= 0.3 is 0 Å². The second kappa shape index (κ2) is 4.29. The van der Waals surface area contributed by atoms with E-state index in [1.54, 1.807) is 0 Å². The van der Waals surface area contributed by atoms with Crippen molar-refractivity contribution in [2.24, 2.45) is 0 Å². The van der Waals surface area contributed by atoms with E-state index in [0.717, 1.165) is 12.1 Å². The minimum atomic E-state index is -2.11. The number of phenols is 2. The third-order valence-electron chi connectivity index (χ3n) is 2.80. The first-order valence-corrected chi connectivity index (χ1v) is 5.28. The number of phenolic OH excluding ortho intramolecular Hbond substituents is 2. The molecular formula is C13H12O5. The van der Waals surface area contributed by atoms with Gasteiger partial charge in [-0.05, 0) is 18.2 Å². The van der Waals surface area contributed by atoms with Crippen LogP contribution in [0.5, 0.6) is 11.5 Å². The smallest absolute Gasteiger partial charge is 0.205 e. The van der Waals surface area contributed by atoms with Crippen molar-refractivity contribution >= 4 is 5.78 Å². The summed E-state index contributed by atoms with van der Waals surface area (Å²) in [5, 5.41) is 38.5. The Hall–Kier alpha value is -2.11. The van der Waals surface area contributed by atoms with E-state index in [1.807, 2.05) is 0 Å². The summed E-state index contributed by atoms with van der Waals surface area (Å²) in [7, 11) is 0. The third kappa shape index (κ3) is 1.90. The number of Topliss-reactive ketones (excluding diaryl/α,β-unsaturated/α-hetero) is 1. The lowest BCUT2D eigenvalue weighted by molar-refractivity contribution is -0.00280. The predicted octanol–water partition coefficient (Wildman–Crippen LogP) is 0.498. The van der Waals surface area contributed by atoms with Crippen molar-refractivity contribution in [3.8, 4) is 11.5 Å². The van der Waals surface area contributed by atoms with E-state index in [0.29, 0.717) is 0 Å². The summed E-state index contributed by atoms with van der Waals surface area (Å²) >= 11 is 0. The molecule has 0 spiro atoms. The summed E-state index contributed by atoms with van der Waals surface area (Å²) in [6, 6.07) is 3.39. The number of aliphatic hydroxyl groups is 2. The molecule has 1 aromatic carbocycles. The summed E-state index contributed by atoms with van der Waals surface area (Å²) in [6.45, 7) is 0. The summed E-state index contributed by atoms with van der Waals surface area (Å²) in [5.41, 5.74) is -2.28. The van der Waals surface area contributed by atoms with E-state index in [2.05, 4.69) is 0 Å². The Bertz CT molecular complexity index is 546. The Morgan fingerprint density at radius 3 is 2.56 bits per heavy atom. The number of carbonyl (C=O) groups is 1. The van der Waals surface area contributed by atoms with E-state index < -0.39 is 23.2 Å².